The largest absolute Gasteiger partial charge is 0.497 e. The van der Waals surface area contributed by atoms with E-state index < -0.39 is 0 Å². The number of fused-ring (bicyclic) bond motifs is 2. The van der Waals surface area contributed by atoms with Crippen LogP contribution in [-0.2, 0) is 11.2 Å². The van der Waals surface area contributed by atoms with Crippen LogP contribution in [0.5, 0.6) is 5.75 Å². The molecule has 0 saturated heterocycles. The molecule has 2 N–H and O–H groups in total. The van der Waals surface area contributed by atoms with Crippen molar-refractivity contribution < 1.29 is 13.9 Å². The maximum Gasteiger partial charge on any atom is 0.242 e. The first-order chi connectivity index (χ1) is 14.5. The summed E-state index contributed by atoms with van der Waals surface area (Å²) in [6.45, 7) is 3.91. The molecule has 0 aliphatic heterocycles. The number of nitrogens with one attached hydrogen (secondary N) is 2. The summed E-state index contributed by atoms with van der Waals surface area (Å²) in [5.74, 6) is 0.484. The lowest BCUT2D eigenvalue weighted by atomic mass is 10.0. The first kappa shape index (κ1) is 19.5. The fourth-order valence-corrected chi connectivity index (χ4v) is 3.40. The lowest BCUT2D eigenvalue weighted by molar-refractivity contribution is -0.119. The number of para-hydroxylation sites is 1. The van der Waals surface area contributed by atoms with Crippen LogP contribution in [0.1, 0.15) is 16.7 Å². The fourth-order valence-electron chi connectivity index (χ4n) is 3.40. The van der Waals surface area contributed by atoms with Crippen molar-refractivity contribution in [3.8, 4) is 5.75 Å². The van der Waals surface area contributed by atoms with Crippen molar-refractivity contribution in [3.05, 3.63) is 81.5 Å². The minimum atomic E-state index is -0.248. The maximum absolute atomic E-state index is 13.0. The molecule has 0 saturated carbocycles. The Morgan fingerprint density at radius 2 is 1.70 bits per heavy atom. The molecule has 6 heteroatoms. The third kappa shape index (κ3) is 3.59. The average Bonchev–Trinajstić information content (AvgIpc) is 2.76. The molecule has 0 atom stereocenters. The summed E-state index contributed by atoms with van der Waals surface area (Å²) >= 11 is 0. The summed E-state index contributed by atoms with van der Waals surface area (Å²) in [7, 11) is 1.60. The number of carbonyl (C=O) groups is 1. The van der Waals surface area contributed by atoms with Gasteiger partial charge in [0.1, 0.15) is 16.9 Å². The first-order valence-electron chi connectivity index (χ1n) is 9.61. The van der Waals surface area contributed by atoms with Crippen LogP contribution in [0.25, 0.3) is 21.9 Å². The van der Waals surface area contributed by atoms with E-state index in [1.165, 1.54) is 0 Å². The minimum absolute atomic E-state index is 0.0693. The summed E-state index contributed by atoms with van der Waals surface area (Å²) in [5, 5.41) is 1.02. The molecular formula is C24H22N2O4. The number of hydrazine groups is 1. The van der Waals surface area contributed by atoms with Crippen LogP contribution in [0.15, 0.2) is 63.8 Å². The number of hydrogen-bond donors (Lipinski definition) is 2. The van der Waals surface area contributed by atoms with E-state index in [0.717, 1.165) is 22.6 Å². The molecule has 0 radical (unpaired) electrons. The van der Waals surface area contributed by atoms with Crippen molar-refractivity contribution in [3.63, 3.8) is 0 Å². The van der Waals surface area contributed by atoms with Gasteiger partial charge in [0.2, 0.25) is 11.3 Å². The summed E-state index contributed by atoms with van der Waals surface area (Å²) in [6.07, 6.45) is 0.0693. The topological polar surface area (TPSA) is 80.6 Å². The second kappa shape index (κ2) is 7.91. The van der Waals surface area contributed by atoms with Crippen molar-refractivity contribution in [1.82, 2.24) is 5.43 Å². The highest BCUT2D eigenvalue weighted by atomic mass is 16.5. The molecule has 30 heavy (non-hydrogen) atoms. The number of anilines is 1. The summed E-state index contributed by atoms with van der Waals surface area (Å²) in [6, 6.07) is 16.2. The Labute approximate surface area is 173 Å². The Morgan fingerprint density at radius 3 is 2.43 bits per heavy atom. The van der Waals surface area contributed by atoms with Gasteiger partial charge in [-0.1, -0.05) is 18.2 Å². The number of hydrogen-bond acceptors (Lipinski definition) is 5. The van der Waals surface area contributed by atoms with Crippen LogP contribution in [-0.4, -0.2) is 13.0 Å². The normalized spacial score (nSPS) is 10.9. The molecule has 0 fully saturated rings. The lowest BCUT2D eigenvalue weighted by Gasteiger charge is -2.11. The van der Waals surface area contributed by atoms with E-state index >= 15 is 0 Å². The molecule has 6 nitrogen and oxygen atoms in total. The molecule has 0 spiro atoms. The second-order valence-corrected chi connectivity index (χ2v) is 7.19. The zero-order chi connectivity index (χ0) is 21.3. The quantitative estimate of drug-likeness (QED) is 0.385. The van der Waals surface area contributed by atoms with E-state index in [-0.39, 0.29) is 17.8 Å². The van der Waals surface area contributed by atoms with E-state index in [1.54, 1.807) is 55.6 Å². The number of benzene rings is 3. The zero-order valence-corrected chi connectivity index (χ0v) is 17.0. The van der Waals surface area contributed by atoms with Crippen molar-refractivity contribution in [2.24, 2.45) is 0 Å². The van der Waals surface area contributed by atoms with Gasteiger partial charge in [0.05, 0.1) is 30.0 Å². The summed E-state index contributed by atoms with van der Waals surface area (Å²) in [4.78, 5) is 25.5. The van der Waals surface area contributed by atoms with E-state index in [4.69, 9.17) is 9.15 Å². The molecule has 4 rings (SSSR count). The molecule has 1 aromatic heterocycles. The molecule has 0 unspecified atom stereocenters. The van der Waals surface area contributed by atoms with Gasteiger partial charge in [0, 0.05) is 5.56 Å². The van der Waals surface area contributed by atoms with Crippen molar-refractivity contribution in [1.29, 1.82) is 0 Å². The predicted octanol–water partition coefficient (Wildman–Crippen LogP) is 4.26. The van der Waals surface area contributed by atoms with Crippen molar-refractivity contribution in [2.75, 3.05) is 12.5 Å². The standard InChI is InChI=1S/C24H22N2O4/c1-14-7-12-20-22(28)19-6-4-5-16(24(19)30-23(20)15(14)2)13-21(27)26-25-17-8-10-18(29-3)11-9-17/h4-12,25H,13H2,1-3H3,(H,26,27). The third-order valence-electron chi connectivity index (χ3n) is 5.25. The van der Waals surface area contributed by atoms with Crippen molar-refractivity contribution in [2.45, 2.75) is 20.3 Å². The van der Waals surface area contributed by atoms with Gasteiger partial charge >= 0.3 is 0 Å². The van der Waals surface area contributed by atoms with Crippen molar-refractivity contribution >= 4 is 33.5 Å². The number of methoxy groups -OCH3 is 1. The highest BCUT2D eigenvalue weighted by Crippen LogP contribution is 2.26. The lowest BCUT2D eigenvalue weighted by Crippen LogP contribution is -2.30. The predicted molar refractivity (Wildman–Crippen MR) is 118 cm³/mol. The van der Waals surface area contributed by atoms with E-state index in [1.807, 2.05) is 19.9 Å². The smallest absolute Gasteiger partial charge is 0.242 e. The molecule has 0 aliphatic rings. The molecule has 3 aromatic carbocycles. The molecule has 1 heterocycles. The van der Waals surface area contributed by atoms with Gasteiger partial charge in [-0.3, -0.25) is 20.4 Å². The molecule has 152 valence electrons. The van der Waals surface area contributed by atoms with Gasteiger partial charge in [-0.05, 0) is 61.4 Å². The number of ether oxygens (including phenoxy) is 1. The highest BCUT2D eigenvalue weighted by molar-refractivity contribution is 5.94. The Bertz CT molecular complexity index is 1310. The molecular weight excluding hydrogens is 380 g/mol. The fraction of sp³-hybridized carbons (Fsp3) is 0.167. The first-order valence-corrected chi connectivity index (χ1v) is 9.61. The van der Waals surface area contributed by atoms with Gasteiger partial charge < -0.3 is 9.15 Å². The summed E-state index contributed by atoms with van der Waals surface area (Å²) < 4.78 is 11.3. The monoisotopic (exact) mass is 402 g/mol. The molecule has 0 bridgehead atoms. The Morgan fingerprint density at radius 1 is 0.967 bits per heavy atom. The van der Waals surface area contributed by atoms with Crippen LogP contribution in [0.2, 0.25) is 0 Å². The van der Waals surface area contributed by atoms with Crippen LogP contribution >= 0.6 is 0 Å². The maximum atomic E-state index is 13.0. The molecule has 0 aliphatic carbocycles. The Hall–Kier alpha value is -3.80. The number of carbonyl (C=O) groups excluding carboxylic acids is 1. The van der Waals surface area contributed by atoms with Crippen LogP contribution < -0.4 is 21.0 Å². The van der Waals surface area contributed by atoms with Crippen LogP contribution in [0.4, 0.5) is 5.69 Å². The van der Waals surface area contributed by atoms with Gasteiger partial charge in [-0.2, -0.15) is 0 Å². The molecule has 1 amide bonds. The van der Waals surface area contributed by atoms with Gasteiger partial charge in [0.15, 0.2) is 0 Å². The Kier molecular flexibility index (Phi) is 5.14. The van der Waals surface area contributed by atoms with Crippen LogP contribution in [0, 0.1) is 13.8 Å². The van der Waals surface area contributed by atoms with E-state index in [2.05, 4.69) is 10.9 Å². The van der Waals surface area contributed by atoms with Gasteiger partial charge in [-0.25, -0.2) is 0 Å². The van der Waals surface area contributed by atoms with E-state index in [0.29, 0.717) is 27.5 Å². The zero-order valence-electron chi connectivity index (χ0n) is 17.0. The average molecular weight is 402 g/mol. The van der Waals surface area contributed by atoms with Crippen LogP contribution in [0.3, 0.4) is 0 Å². The van der Waals surface area contributed by atoms with Gasteiger partial charge in [-0.15, -0.1) is 0 Å². The molecule has 4 aromatic rings. The Balaban J connectivity index is 1.62. The third-order valence-corrected chi connectivity index (χ3v) is 5.25. The second-order valence-electron chi connectivity index (χ2n) is 7.19. The minimum Gasteiger partial charge on any atom is -0.497 e. The van der Waals surface area contributed by atoms with Gasteiger partial charge in [0.25, 0.3) is 0 Å². The number of amides is 1. The number of aryl methyl sites for hydroxylation is 2. The highest BCUT2D eigenvalue weighted by Gasteiger charge is 2.15. The number of rotatable bonds is 5. The SMILES string of the molecule is COc1ccc(NNC(=O)Cc2cccc3c(=O)c4ccc(C)c(C)c4oc23)cc1. The van der Waals surface area contributed by atoms with E-state index in [9.17, 15) is 9.59 Å². The summed E-state index contributed by atoms with van der Waals surface area (Å²) in [5.41, 5.74) is 9.82.